The van der Waals surface area contributed by atoms with Crippen LogP contribution in [0.15, 0.2) is 30.6 Å². The molecule has 0 saturated carbocycles. The second-order valence-corrected chi connectivity index (χ2v) is 6.12. The summed E-state index contributed by atoms with van der Waals surface area (Å²) >= 11 is 6.35. The number of aryl methyl sites for hydroxylation is 2. The summed E-state index contributed by atoms with van der Waals surface area (Å²) in [5.74, 6) is 0. The first-order valence-corrected chi connectivity index (χ1v) is 7.68. The highest BCUT2D eigenvalue weighted by atomic mass is 35.5. The van der Waals surface area contributed by atoms with Crippen LogP contribution < -0.4 is 0 Å². The van der Waals surface area contributed by atoms with Gasteiger partial charge in [0.2, 0.25) is 0 Å². The van der Waals surface area contributed by atoms with Crippen LogP contribution in [-0.2, 0) is 27.1 Å². The summed E-state index contributed by atoms with van der Waals surface area (Å²) in [6, 6.07) is 5.93. The number of hydrogen-bond donors (Lipinski definition) is 0. The Kier molecular flexibility index (Phi) is 4.18. The van der Waals surface area contributed by atoms with Gasteiger partial charge in [-0.15, -0.1) is 0 Å². The molecule has 0 N–H and O–H groups in total. The normalized spacial score (nSPS) is 11.7. The van der Waals surface area contributed by atoms with Gasteiger partial charge < -0.3 is 4.90 Å². The minimum Gasteiger partial charge on any atom is -0.300 e. The van der Waals surface area contributed by atoms with Gasteiger partial charge in [0.25, 0.3) is 0 Å². The maximum Gasteiger partial charge on any atom is 0.0858 e. The van der Waals surface area contributed by atoms with Crippen molar-refractivity contribution in [3.05, 3.63) is 46.9 Å². The Bertz CT molecular complexity index is 789. The van der Waals surface area contributed by atoms with Crippen LogP contribution in [0.25, 0.3) is 10.9 Å². The summed E-state index contributed by atoms with van der Waals surface area (Å²) < 4.78 is 3.73. The molecule has 0 radical (unpaired) electrons. The van der Waals surface area contributed by atoms with Gasteiger partial charge in [0.15, 0.2) is 0 Å². The number of benzene rings is 1. The van der Waals surface area contributed by atoms with E-state index in [-0.39, 0.29) is 0 Å². The van der Waals surface area contributed by atoms with E-state index in [9.17, 15) is 0 Å². The van der Waals surface area contributed by atoms with Crippen LogP contribution in [-0.4, -0.2) is 38.1 Å². The fourth-order valence-electron chi connectivity index (χ4n) is 2.72. The van der Waals surface area contributed by atoms with Crippen LogP contribution in [0.3, 0.4) is 0 Å². The van der Waals surface area contributed by atoms with Gasteiger partial charge in [-0.2, -0.15) is 10.2 Å². The Morgan fingerprint density at radius 3 is 2.82 bits per heavy atom. The molecule has 3 aromatic rings. The quantitative estimate of drug-likeness (QED) is 0.726. The molecule has 0 aliphatic rings. The Balaban J connectivity index is 1.72. The van der Waals surface area contributed by atoms with E-state index in [1.807, 2.05) is 47.9 Å². The van der Waals surface area contributed by atoms with Crippen molar-refractivity contribution in [3.8, 4) is 0 Å². The number of halogens is 1. The Hall–Kier alpha value is -1.85. The number of nitrogens with zero attached hydrogens (tertiary/aromatic N) is 5. The molecule has 2 aromatic heterocycles. The summed E-state index contributed by atoms with van der Waals surface area (Å²) in [6.07, 6.45) is 4.95. The molecule has 22 heavy (non-hydrogen) atoms. The number of aromatic nitrogens is 4. The Morgan fingerprint density at radius 1 is 1.27 bits per heavy atom. The first-order chi connectivity index (χ1) is 10.5. The SMILES string of the molecule is CN(CCc1cnn(C)c1)Cc1nn(C)c2cccc(Cl)c12. The standard InChI is InChI=1S/C16H20ClN5/c1-20(8-7-12-9-18-21(2)10-12)11-14-16-13(17)5-4-6-15(16)22(3)19-14/h4-6,9-10H,7-8,11H2,1-3H3. The van der Waals surface area contributed by atoms with Gasteiger partial charge in [0, 0.05) is 38.8 Å². The number of fused-ring (bicyclic) bond motifs is 1. The fourth-order valence-corrected chi connectivity index (χ4v) is 3.00. The van der Waals surface area contributed by atoms with E-state index in [4.69, 9.17) is 11.6 Å². The zero-order valence-corrected chi connectivity index (χ0v) is 13.9. The lowest BCUT2D eigenvalue weighted by atomic mass is 10.2. The van der Waals surface area contributed by atoms with Crippen LogP contribution >= 0.6 is 11.6 Å². The average Bonchev–Trinajstić information content (AvgIpc) is 3.02. The molecule has 0 unspecified atom stereocenters. The molecule has 0 aliphatic heterocycles. The predicted octanol–water partition coefficient (Wildman–Crippen LogP) is 2.63. The van der Waals surface area contributed by atoms with Crippen LogP contribution in [0, 0.1) is 0 Å². The average molecular weight is 318 g/mol. The largest absolute Gasteiger partial charge is 0.300 e. The van der Waals surface area contributed by atoms with E-state index in [0.29, 0.717) is 0 Å². The molecule has 3 rings (SSSR count). The highest BCUT2D eigenvalue weighted by Gasteiger charge is 2.13. The Labute approximate surface area is 135 Å². The molecule has 0 aliphatic carbocycles. The molecule has 0 fully saturated rings. The third-order valence-electron chi connectivity index (χ3n) is 3.86. The van der Waals surface area contributed by atoms with Crippen molar-refractivity contribution >= 4 is 22.5 Å². The van der Waals surface area contributed by atoms with Crippen LogP contribution in [0.5, 0.6) is 0 Å². The maximum atomic E-state index is 6.35. The van der Waals surface area contributed by atoms with Crippen LogP contribution in [0.1, 0.15) is 11.3 Å². The smallest absolute Gasteiger partial charge is 0.0858 e. The summed E-state index contributed by atoms with van der Waals surface area (Å²) in [4.78, 5) is 2.26. The van der Waals surface area contributed by atoms with Gasteiger partial charge >= 0.3 is 0 Å². The lowest BCUT2D eigenvalue weighted by molar-refractivity contribution is 0.327. The van der Waals surface area contributed by atoms with E-state index in [1.54, 1.807) is 0 Å². The topological polar surface area (TPSA) is 38.9 Å². The lowest BCUT2D eigenvalue weighted by Gasteiger charge is -2.14. The molecule has 6 heteroatoms. The number of likely N-dealkylation sites (N-methyl/N-ethyl adjacent to an activating group) is 1. The lowest BCUT2D eigenvalue weighted by Crippen LogP contribution is -2.21. The summed E-state index contributed by atoms with van der Waals surface area (Å²) in [5.41, 5.74) is 3.35. The van der Waals surface area contributed by atoms with E-state index >= 15 is 0 Å². The third-order valence-corrected chi connectivity index (χ3v) is 4.17. The molecular weight excluding hydrogens is 298 g/mol. The first-order valence-electron chi connectivity index (χ1n) is 7.31. The highest BCUT2D eigenvalue weighted by molar-refractivity contribution is 6.35. The number of rotatable bonds is 5. The summed E-state index contributed by atoms with van der Waals surface area (Å²) in [6.45, 7) is 1.73. The van der Waals surface area contributed by atoms with Crippen molar-refractivity contribution in [1.82, 2.24) is 24.5 Å². The molecular formula is C16H20ClN5. The van der Waals surface area contributed by atoms with E-state index in [1.165, 1.54) is 5.56 Å². The molecule has 1 aromatic carbocycles. The molecule has 0 amide bonds. The van der Waals surface area contributed by atoms with Gasteiger partial charge in [-0.1, -0.05) is 17.7 Å². The zero-order valence-electron chi connectivity index (χ0n) is 13.1. The van der Waals surface area contributed by atoms with Gasteiger partial charge in [0.1, 0.15) is 0 Å². The van der Waals surface area contributed by atoms with Crippen molar-refractivity contribution < 1.29 is 0 Å². The minimum atomic E-state index is 0.765. The van der Waals surface area contributed by atoms with Crippen molar-refractivity contribution in [1.29, 1.82) is 0 Å². The van der Waals surface area contributed by atoms with Gasteiger partial charge in [-0.25, -0.2) is 0 Å². The third kappa shape index (κ3) is 3.00. The molecule has 0 spiro atoms. The molecule has 0 saturated heterocycles. The molecule has 5 nitrogen and oxygen atoms in total. The van der Waals surface area contributed by atoms with E-state index in [2.05, 4.69) is 28.3 Å². The minimum absolute atomic E-state index is 0.765. The van der Waals surface area contributed by atoms with Crippen LogP contribution in [0.2, 0.25) is 5.02 Å². The van der Waals surface area contributed by atoms with Crippen LogP contribution in [0.4, 0.5) is 0 Å². The molecule has 0 atom stereocenters. The molecule has 0 bridgehead atoms. The van der Waals surface area contributed by atoms with Gasteiger partial charge in [-0.05, 0) is 31.2 Å². The first kappa shape index (κ1) is 15.1. The highest BCUT2D eigenvalue weighted by Crippen LogP contribution is 2.26. The maximum absolute atomic E-state index is 6.35. The summed E-state index contributed by atoms with van der Waals surface area (Å²) in [7, 11) is 6.00. The predicted molar refractivity (Wildman–Crippen MR) is 89.0 cm³/mol. The molecule has 116 valence electrons. The second-order valence-electron chi connectivity index (χ2n) is 5.71. The fraction of sp³-hybridized carbons (Fsp3) is 0.375. The number of hydrogen-bond acceptors (Lipinski definition) is 3. The van der Waals surface area contributed by atoms with Crippen molar-refractivity contribution in [2.24, 2.45) is 14.1 Å². The monoisotopic (exact) mass is 317 g/mol. The van der Waals surface area contributed by atoms with Gasteiger partial charge in [-0.3, -0.25) is 9.36 Å². The molecule has 2 heterocycles. The second kappa shape index (κ2) is 6.10. The van der Waals surface area contributed by atoms with Crippen molar-refractivity contribution in [3.63, 3.8) is 0 Å². The van der Waals surface area contributed by atoms with Crippen molar-refractivity contribution in [2.75, 3.05) is 13.6 Å². The van der Waals surface area contributed by atoms with Crippen molar-refractivity contribution in [2.45, 2.75) is 13.0 Å². The zero-order chi connectivity index (χ0) is 15.7. The van der Waals surface area contributed by atoms with E-state index in [0.717, 1.165) is 41.1 Å². The Morgan fingerprint density at radius 2 is 2.09 bits per heavy atom. The van der Waals surface area contributed by atoms with E-state index < -0.39 is 0 Å². The summed E-state index contributed by atoms with van der Waals surface area (Å²) in [5, 5.41) is 10.6. The van der Waals surface area contributed by atoms with Gasteiger partial charge in [0.05, 0.1) is 22.4 Å².